The molecule has 2 aromatic rings. The molecule has 34 heavy (non-hydrogen) atoms. The van der Waals surface area contributed by atoms with Gasteiger partial charge in [-0.25, -0.2) is 8.42 Å². The second-order valence-corrected chi connectivity index (χ2v) is 11.1. The van der Waals surface area contributed by atoms with E-state index in [-0.39, 0.29) is 29.2 Å². The lowest BCUT2D eigenvalue weighted by Gasteiger charge is -2.32. The first-order valence-corrected chi connectivity index (χ1v) is 13.6. The molecule has 0 bridgehead atoms. The molecule has 0 saturated carbocycles. The van der Waals surface area contributed by atoms with Crippen molar-refractivity contribution in [2.45, 2.75) is 45.8 Å². The molecule has 0 radical (unpaired) electrons. The summed E-state index contributed by atoms with van der Waals surface area (Å²) < 4.78 is 26.1. The standard InChI is InChI=1S/C23H28Cl3N3O4S/c1-5-15(2)27-23(31)16(3)28(13-17-18(24)10-8-11-19(17)25)22(30)14-29(34(4,32)33)21-12-7-6-9-20(21)26/h6-12,15-16H,5,13-14H2,1-4H3,(H,27,31)/t15-,16-/m0/s1. The second kappa shape index (κ2) is 12.1. The fourth-order valence-electron chi connectivity index (χ4n) is 3.15. The number of anilines is 1. The molecule has 11 heteroatoms. The van der Waals surface area contributed by atoms with Gasteiger partial charge in [0.15, 0.2) is 0 Å². The highest BCUT2D eigenvalue weighted by atomic mass is 35.5. The van der Waals surface area contributed by atoms with Crippen LogP contribution in [0.2, 0.25) is 15.1 Å². The van der Waals surface area contributed by atoms with Crippen LogP contribution in [0.25, 0.3) is 0 Å². The molecule has 0 unspecified atom stereocenters. The molecule has 2 amide bonds. The molecule has 0 saturated heterocycles. The van der Waals surface area contributed by atoms with Crippen molar-refractivity contribution in [1.29, 1.82) is 0 Å². The van der Waals surface area contributed by atoms with Gasteiger partial charge >= 0.3 is 0 Å². The van der Waals surface area contributed by atoms with E-state index in [1.54, 1.807) is 37.3 Å². The number of nitrogens with zero attached hydrogens (tertiary/aromatic N) is 2. The summed E-state index contributed by atoms with van der Waals surface area (Å²) in [4.78, 5) is 27.7. The summed E-state index contributed by atoms with van der Waals surface area (Å²) in [6, 6.07) is 10.2. The molecule has 1 N–H and O–H groups in total. The first kappa shape index (κ1) is 28.2. The molecule has 186 valence electrons. The molecule has 0 spiro atoms. The molecular weight excluding hydrogens is 521 g/mol. The molecule has 0 aliphatic heterocycles. The van der Waals surface area contributed by atoms with E-state index in [4.69, 9.17) is 34.8 Å². The number of halogens is 3. The van der Waals surface area contributed by atoms with Gasteiger partial charge in [-0.05, 0) is 44.5 Å². The molecule has 0 aromatic heterocycles. The van der Waals surface area contributed by atoms with E-state index in [1.165, 1.54) is 17.0 Å². The third kappa shape index (κ3) is 7.25. The number of amides is 2. The Hall–Kier alpha value is -2.00. The van der Waals surface area contributed by atoms with Gasteiger partial charge in [0.05, 0.1) is 17.0 Å². The zero-order chi connectivity index (χ0) is 25.6. The van der Waals surface area contributed by atoms with Gasteiger partial charge in [-0.3, -0.25) is 13.9 Å². The lowest BCUT2D eigenvalue weighted by atomic mass is 10.1. The average molecular weight is 549 g/mol. The largest absolute Gasteiger partial charge is 0.352 e. The highest BCUT2D eigenvalue weighted by molar-refractivity contribution is 7.92. The molecular formula is C23H28Cl3N3O4S. The van der Waals surface area contributed by atoms with Crippen LogP contribution in [-0.2, 0) is 26.2 Å². The van der Waals surface area contributed by atoms with Crippen LogP contribution in [0.1, 0.15) is 32.8 Å². The minimum absolute atomic E-state index is 0.0907. The fourth-order valence-corrected chi connectivity index (χ4v) is 4.82. The summed E-state index contributed by atoms with van der Waals surface area (Å²) >= 11 is 18.9. The minimum Gasteiger partial charge on any atom is -0.352 e. The van der Waals surface area contributed by atoms with E-state index in [0.29, 0.717) is 22.0 Å². The van der Waals surface area contributed by atoms with Gasteiger partial charge in [0.2, 0.25) is 21.8 Å². The topological polar surface area (TPSA) is 86.8 Å². The lowest BCUT2D eigenvalue weighted by Crippen LogP contribution is -2.52. The molecule has 2 rings (SSSR count). The van der Waals surface area contributed by atoms with Gasteiger partial charge in [-0.1, -0.05) is 59.9 Å². The molecule has 2 aromatic carbocycles. The fraction of sp³-hybridized carbons (Fsp3) is 0.391. The number of hydrogen-bond acceptors (Lipinski definition) is 4. The number of rotatable bonds is 10. The first-order valence-electron chi connectivity index (χ1n) is 10.6. The van der Waals surface area contributed by atoms with E-state index in [0.717, 1.165) is 10.6 Å². The Morgan fingerprint density at radius 2 is 1.53 bits per heavy atom. The van der Waals surface area contributed by atoms with Crippen LogP contribution < -0.4 is 9.62 Å². The maximum Gasteiger partial charge on any atom is 0.244 e. The lowest BCUT2D eigenvalue weighted by molar-refractivity contribution is -0.139. The van der Waals surface area contributed by atoms with E-state index in [2.05, 4.69) is 5.32 Å². The van der Waals surface area contributed by atoms with Crippen LogP contribution in [0.4, 0.5) is 5.69 Å². The van der Waals surface area contributed by atoms with Crippen molar-refractivity contribution >= 4 is 62.3 Å². The van der Waals surface area contributed by atoms with Crippen molar-refractivity contribution in [3.8, 4) is 0 Å². The van der Waals surface area contributed by atoms with Gasteiger partial charge in [0.1, 0.15) is 12.6 Å². The van der Waals surface area contributed by atoms with Gasteiger partial charge < -0.3 is 10.2 Å². The average Bonchev–Trinajstić information content (AvgIpc) is 2.76. The third-order valence-electron chi connectivity index (χ3n) is 5.36. The van der Waals surface area contributed by atoms with Gasteiger partial charge in [-0.2, -0.15) is 0 Å². The number of para-hydroxylation sites is 1. The van der Waals surface area contributed by atoms with Gasteiger partial charge in [-0.15, -0.1) is 0 Å². The summed E-state index contributed by atoms with van der Waals surface area (Å²) in [6.45, 7) is 4.69. The summed E-state index contributed by atoms with van der Waals surface area (Å²) in [5, 5.41) is 3.67. The van der Waals surface area contributed by atoms with Gasteiger partial charge in [0.25, 0.3) is 0 Å². The molecule has 7 nitrogen and oxygen atoms in total. The van der Waals surface area contributed by atoms with Crippen molar-refractivity contribution in [3.63, 3.8) is 0 Å². The van der Waals surface area contributed by atoms with Crippen LogP contribution in [0.15, 0.2) is 42.5 Å². The predicted octanol–water partition coefficient (Wildman–Crippen LogP) is 4.74. The zero-order valence-electron chi connectivity index (χ0n) is 19.4. The number of nitrogens with one attached hydrogen (secondary N) is 1. The summed E-state index contributed by atoms with van der Waals surface area (Å²) in [5.74, 6) is -0.998. The molecule has 2 atom stereocenters. The Morgan fingerprint density at radius 3 is 2.06 bits per heavy atom. The van der Waals surface area contributed by atoms with Crippen molar-refractivity contribution < 1.29 is 18.0 Å². The van der Waals surface area contributed by atoms with Crippen LogP contribution in [-0.4, -0.2) is 50.0 Å². The highest BCUT2D eigenvalue weighted by Gasteiger charge is 2.31. The Bertz CT molecular complexity index is 1120. The van der Waals surface area contributed by atoms with Crippen molar-refractivity contribution in [3.05, 3.63) is 63.1 Å². The van der Waals surface area contributed by atoms with E-state index < -0.39 is 28.5 Å². The molecule has 0 aliphatic carbocycles. The summed E-state index contributed by atoms with van der Waals surface area (Å²) in [6.07, 6.45) is 1.69. The normalized spacial score (nSPS) is 13.1. The SMILES string of the molecule is CC[C@H](C)NC(=O)[C@H](C)N(Cc1c(Cl)cccc1Cl)C(=O)CN(c1ccccc1Cl)S(C)(=O)=O. The summed E-state index contributed by atoms with van der Waals surface area (Å²) in [5.41, 5.74) is 0.610. The number of sulfonamides is 1. The maximum atomic E-state index is 13.5. The number of benzene rings is 2. The number of hydrogen-bond donors (Lipinski definition) is 1. The molecule has 0 fully saturated rings. The highest BCUT2D eigenvalue weighted by Crippen LogP contribution is 2.29. The van der Waals surface area contributed by atoms with Crippen LogP contribution in [0, 0.1) is 0 Å². The predicted molar refractivity (Wildman–Crippen MR) is 138 cm³/mol. The smallest absolute Gasteiger partial charge is 0.244 e. The third-order valence-corrected chi connectivity index (χ3v) is 7.51. The van der Waals surface area contributed by atoms with Gasteiger partial charge in [0, 0.05) is 28.2 Å². The van der Waals surface area contributed by atoms with Crippen molar-refractivity contribution in [2.24, 2.45) is 0 Å². The monoisotopic (exact) mass is 547 g/mol. The van der Waals surface area contributed by atoms with Crippen LogP contribution >= 0.6 is 34.8 Å². The van der Waals surface area contributed by atoms with E-state index in [1.807, 2.05) is 13.8 Å². The zero-order valence-corrected chi connectivity index (χ0v) is 22.5. The summed E-state index contributed by atoms with van der Waals surface area (Å²) in [7, 11) is -3.88. The van der Waals surface area contributed by atoms with Crippen LogP contribution in [0.3, 0.4) is 0 Å². The molecule has 0 aliphatic rings. The van der Waals surface area contributed by atoms with Crippen molar-refractivity contribution in [2.75, 3.05) is 17.1 Å². The van der Waals surface area contributed by atoms with E-state index >= 15 is 0 Å². The van der Waals surface area contributed by atoms with Crippen molar-refractivity contribution in [1.82, 2.24) is 10.2 Å². The van der Waals surface area contributed by atoms with E-state index in [9.17, 15) is 18.0 Å². The Kier molecular flexibility index (Phi) is 10.1. The Morgan fingerprint density at radius 1 is 0.971 bits per heavy atom. The maximum absolute atomic E-state index is 13.5. The number of carbonyl (C=O) groups excluding carboxylic acids is 2. The van der Waals surface area contributed by atoms with Crippen LogP contribution in [0.5, 0.6) is 0 Å². The second-order valence-electron chi connectivity index (χ2n) is 7.94. The molecule has 0 heterocycles. The Balaban J connectivity index is 2.46. The number of carbonyl (C=O) groups is 2. The Labute approximate surface area is 216 Å². The first-order chi connectivity index (χ1) is 15.9. The minimum atomic E-state index is -3.88. The quantitative estimate of drug-likeness (QED) is 0.464.